The quantitative estimate of drug-likeness (QED) is 0.684. The van der Waals surface area contributed by atoms with Crippen molar-refractivity contribution in [1.29, 1.82) is 0 Å². The summed E-state index contributed by atoms with van der Waals surface area (Å²) in [5.41, 5.74) is 1.11. The third-order valence-electron chi connectivity index (χ3n) is 2.34. The Morgan fingerprint density at radius 2 is 2.08 bits per heavy atom. The molecule has 1 heterocycles. The molecule has 1 aromatic carbocycles. The summed E-state index contributed by atoms with van der Waals surface area (Å²) in [4.78, 5) is 0. The van der Waals surface area contributed by atoms with Crippen molar-refractivity contribution in [2.75, 3.05) is 6.73 Å². The molecule has 1 fully saturated rings. The molecule has 1 aromatic rings. The molecule has 3 heteroatoms. The molecule has 13 heavy (non-hydrogen) atoms. The van der Waals surface area contributed by atoms with Crippen molar-refractivity contribution in [2.24, 2.45) is 0 Å². The van der Waals surface area contributed by atoms with Crippen LogP contribution in [0, 0.1) is 0 Å². The largest absolute Gasteiger partial charge is 0.508 e. The molecule has 2 rings (SSSR count). The van der Waals surface area contributed by atoms with E-state index < -0.39 is 0 Å². The van der Waals surface area contributed by atoms with Crippen molar-refractivity contribution in [3.63, 3.8) is 0 Å². The summed E-state index contributed by atoms with van der Waals surface area (Å²) in [5, 5.41) is 12.3. The summed E-state index contributed by atoms with van der Waals surface area (Å²) in [6, 6.07) is 7.49. The standard InChI is InChI=1S/C10H13NO2/c1-7-10(13-6-11-7)8-2-4-9(12)5-3-8/h2-5,7,10-12H,6H2,1H3. The lowest BCUT2D eigenvalue weighted by atomic mass is 10.0. The smallest absolute Gasteiger partial charge is 0.115 e. The number of ether oxygens (including phenoxy) is 1. The zero-order chi connectivity index (χ0) is 9.26. The minimum atomic E-state index is 0.112. The second-order valence-corrected chi connectivity index (χ2v) is 3.32. The monoisotopic (exact) mass is 179 g/mol. The highest BCUT2D eigenvalue weighted by Gasteiger charge is 2.24. The van der Waals surface area contributed by atoms with Crippen LogP contribution in [0.1, 0.15) is 18.6 Å². The lowest BCUT2D eigenvalue weighted by molar-refractivity contribution is 0.105. The van der Waals surface area contributed by atoms with Gasteiger partial charge in [0.05, 0.1) is 12.8 Å². The van der Waals surface area contributed by atoms with Gasteiger partial charge in [0, 0.05) is 6.04 Å². The zero-order valence-corrected chi connectivity index (χ0v) is 7.53. The number of hydrogen-bond donors (Lipinski definition) is 2. The molecule has 2 unspecified atom stereocenters. The third kappa shape index (κ3) is 1.66. The number of phenols is 1. The maximum absolute atomic E-state index is 9.11. The molecular formula is C10H13NO2. The molecule has 70 valence electrons. The van der Waals surface area contributed by atoms with Gasteiger partial charge in [-0.25, -0.2) is 0 Å². The summed E-state index contributed by atoms with van der Waals surface area (Å²) in [6.45, 7) is 2.69. The van der Waals surface area contributed by atoms with Crippen LogP contribution in [0.15, 0.2) is 24.3 Å². The molecule has 2 atom stereocenters. The summed E-state index contributed by atoms with van der Waals surface area (Å²) in [7, 11) is 0. The van der Waals surface area contributed by atoms with Crippen LogP contribution in [0.25, 0.3) is 0 Å². The van der Waals surface area contributed by atoms with Crippen LogP contribution >= 0.6 is 0 Å². The topological polar surface area (TPSA) is 41.5 Å². The van der Waals surface area contributed by atoms with E-state index in [9.17, 15) is 0 Å². The number of aromatic hydroxyl groups is 1. The van der Waals surface area contributed by atoms with Gasteiger partial charge >= 0.3 is 0 Å². The van der Waals surface area contributed by atoms with E-state index in [1.54, 1.807) is 12.1 Å². The van der Waals surface area contributed by atoms with Gasteiger partial charge in [-0.1, -0.05) is 12.1 Å². The average Bonchev–Trinajstić information content (AvgIpc) is 2.53. The Hall–Kier alpha value is -1.06. The zero-order valence-electron chi connectivity index (χ0n) is 7.53. The maximum atomic E-state index is 9.11. The van der Waals surface area contributed by atoms with Crippen LogP contribution in [0.2, 0.25) is 0 Å². The highest BCUT2D eigenvalue weighted by molar-refractivity contribution is 5.28. The van der Waals surface area contributed by atoms with Crippen LogP contribution in [0.4, 0.5) is 0 Å². The minimum absolute atomic E-state index is 0.112. The number of benzene rings is 1. The molecule has 1 aliphatic heterocycles. The Labute approximate surface area is 77.3 Å². The van der Waals surface area contributed by atoms with Crippen LogP contribution < -0.4 is 5.32 Å². The normalized spacial score (nSPS) is 27.8. The average molecular weight is 179 g/mol. The predicted molar refractivity (Wildman–Crippen MR) is 49.4 cm³/mol. The molecule has 0 bridgehead atoms. The molecule has 0 aliphatic carbocycles. The second-order valence-electron chi connectivity index (χ2n) is 3.32. The van der Waals surface area contributed by atoms with Crippen molar-refractivity contribution in [2.45, 2.75) is 19.1 Å². The molecule has 3 nitrogen and oxygen atoms in total. The van der Waals surface area contributed by atoms with E-state index >= 15 is 0 Å². The van der Waals surface area contributed by atoms with E-state index in [1.165, 1.54) is 0 Å². The second kappa shape index (κ2) is 3.36. The highest BCUT2D eigenvalue weighted by atomic mass is 16.5. The van der Waals surface area contributed by atoms with Crippen molar-refractivity contribution < 1.29 is 9.84 Å². The Morgan fingerprint density at radius 1 is 1.38 bits per heavy atom. The van der Waals surface area contributed by atoms with E-state index in [2.05, 4.69) is 12.2 Å². The lowest BCUT2D eigenvalue weighted by Gasteiger charge is -2.13. The van der Waals surface area contributed by atoms with E-state index in [0.29, 0.717) is 18.5 Å². The van der Waals surface area contributed by atoms with Gasteiger partial charge in [-0.15, -0.1) is 0 Å². The third-order valence-corrected chi connectivity index (χ3v) is 2.34. The van der Waals surface area contributed by atoms with E-state index in [1.807, 2.05) is 12.1 Å². The minimum Gasteiger partial charge on any atom is -0.508 e. The van der Waals surface area contributed by atoms with E-state index in [0.717, 1.165) is 5.56 Å². The molecule has 1 aliphatic rings. The Bertz CT molecular complexity index is 283. The summed E-state index contributed by atoms with van der Waals surface area (Å²) >= 11 is 0. The van der Waals surface area contributed by atoms with Gasteiger partial charge in [-0.05, 0) is 24.6 Å². The number of hydrogen-bond acceptors (Lipinski definition) is 3. The first-order valence-corrected chi connectivity index (χ1v) is 4.41. The van der Waals surface area contributed by atoms with Crippen molar-refractivity contribution >= 4 is 0 Å². The van der Waals surface area contributed by atoms with Gasteiger partial charge < -0.3 is 9.84 Å². The van der Waals surface area contributed by atoms with Gasteiger partial charge in [0.1, 0.15) is 5.75 Å². The fraction of sp³-hybridized carbons (Fsp3) is 0.400. The summed E-state index contributed by atoms with van der Waals surface area (Å²) in [5.74, 6) is 0.294. The molecular weight excluding hydrogens is 166 g/mol. The molecule has 0 spiro atoms. The fourth-order valence-corrected chi connectivity index (χ4v) is 1.57. The van der Waals surface area contributed by atoms with Crippen LogP contribution in [-0.2, 0) is 4.74 Å². The van der Waals surface area contributed by atoms with Crippen molar-refractivity contribution in [1.82, 2.24) is 5.32 Å². The lowest BCUT2D eigenvalue weighted by Crippen LogP contribution is -2.21. The van der Waals surface area contributed by atoms with Gasteiger partial charge in [0.25, 0.3) is 0 Å². The number of nitrogens with one attached hydrogen (secondary N) is 1. The Morgan fingerprint density at radius 3 is 2.62 bits per heavy atom. The van der Waals surface area contributed by atoms with Crippen molar-refractivity contribution in [3.05, 3.63) is 29.8 Å². The molecule has 2 N–H and O–H groups in total. The Kier molecular flexibility index (Phi) is 2.20. The van der Waals surface area contributed by atoms with E-state index in [4.69, 9.17) is 9.84 Å². The molecule has 0 amide bonds. The number of rotatable bonds is 1. The van der Waals surface area contributed by atoms with Crippen molar-refractivity contribution in [3.8, 4) is 5.75 Å². The fourth-order valence-electron chi connectivity index (χ4n) is 1.57. The van der Waals surface area contributed by atoms with Gasteiger partial charge in [-0.3, -0.25) is 5.32 Å². The SMILES string of the molecule is CC1NCOC1c1ccc(O)cc1. The first-order chi connectivity index (χ1) is 6.27. The molecule has 0 aromatic heterocycles. The summed E-state index contributed by atoms with van der Waals surface area (Å²) < 4.78 is 5.50. The van der Waals surface area contributed by atoms with Crippen LogP contribution in [0.3, 0.4) is 0 Å². The molecule has 0 saturated carbocycles. The van der Waals surface area contributed by atoms with Crippen LogP contribution in [-0.4, -0.2) is 17.9 Å². The Balaban J connectivity index is 2.20. The van der Waals surface area contributed by atoms with Gasteiger partial charge in [0.2, 0.25) is 0 Å². The van der Waals surface area contributed by atoms with E-state index in [-0.39, 0.29) is 6.10 Å². The molecule has 1 saturated heterocycles. The predicted octanol–water partition coefficient (Wildman–Crippen LogP) is 1.40. The number of phenolic OH excluding ortho intramolecular Hbond substituents is 1. The van der Waals surface area contributed by atoms with Gasteiger partial charge in [0.15, 0.2) is 0 Å². The first kappa shape index (κ1) is 8.53. The first-order valence-electron chi connectivity index (χ1n) is 4.41. The van der Waals surface area contributed by atoms with Gasteiger partial charge in [-0.2, -0.15) is 0 Å². The maximum Gasteiger partial charge on any atom is 0.115 e. The van der Waals surface area contributed by atoms with Crippen LogP contribution in [0.5, 0.6) is 5.75 Å². The molecule has 0 radical (unpaired) electrons. The highest BCUT2D eigenvalue weighted by Crippen LogP contribution is 2.25. The summed E-state index contributed by atoms with van der Waals surface area (Å²) in [6.07, 6.45) is 0.112.